The first-order valence-corrected chi connectivity index (χ1v) is 6.37. The minimum absolute atomic E-state index is 0.0821. The highest BCUT2D eigenvalue weighted by atomic mass is 16.3. The van der Waals surface area contributed by atoms with Crippen molar-refractivity contribution >= 4 is 0 Å². The third-order valence-corrected chi connectivity index (χ3v) is 3.36. The molecule has 2 rings (SSSR count). The summed E-state index contributed by atoms with van der Waals surface area (Å²) in [6.45, 7) is 4.44. The number of aromatic nitrogens is 2. The summed E-state index contributed by atoms with van der Waals surface area (Å²) in [5.41, 5.74) is 1.25. The molecule has 0 saturated heterocycles. The fourth-order valence-electron chi connectivity index (χ4n) is 2.48. The van der Waals surface area contributed by atoms with E-state index in [1.165, 1.54) is 5.69 Å². The van der Waals surface area contributed by atoms with E-state index in [0.29, 0.717) is 11.8 Å². The number of aliphatic hydroxyl groups is 1. The number of imidazole rings is 1. The molecule has 0 bridgehead atoms. The predicted molar refractivity (Wildman–Crippen MR) is 64.3 cm³/mol. The van der Waals surface area contributed by atoms with Crippen molar-refractivity contribution in [2.24, 2.45) is 5.92 Å². The summed E-state index contributed by atoms with van der Waals surface area (Å²) in [6, 6.07) is 0. The maximum absolute atomic E-state index is 9.47. The van der Waals surface area contributed by atoms with Gasteiger partial charge in [-0.25, -0.2) is 4.98 Å². The average Bonchev–Trinajstić information content (AvgIpc) is 2.66. The van der Waals surface area contributed by atoms with Gasteiger partial charge >= 0.3 is 0 Å². The molecular formula is C13H22N2O. The van der Waals surface area contributed by atoms with Gasteiger partial charge in [0.25, 0.3) is 0 Å². The zero-order valence-corrected chi connectivity index (χ0v) is 10.2. The van der Waals surface area contributed by atoms with Crippen LogP contribution in [0.4, 0.5) is 0 Å². The van der Waals surface area contributed by atoms with Gasteiger partial charge in [-0.3, -0.25) is 0 Å². The average molecular weight is 222 g/mol. The molecule has 1 aliphatic carbocycles. The van der Waals surface area contributed by atoms with Gasteiger partial charge in [0, 0.05) is 17.8 Å². The second-order valence-corrected chi connectivity index (χ2v) is 5.40. The monoisotopic (exact) mass is 222 g/mol. The van der Waals surface area contributed by atoms with Gasteiger partial charge in [0.05, 0.1) is 6.10 Å². The van der Waals surface area contributed by atoms with Crippen LogP contribution in [0.25, 0.3) is 0 Å². The highest BCUT2D eigenvalue weighted by Crippen LogP contribution is 2.31. The van der Waals surface area contributed by atoms with Gasteiger partial charge < -0.3 is 10.1 Å². The van der Waals surface area contributed by atoms with Gasteiger partial charge in [0.1, 0.15) is 5.82 Å². The van der Waals surface area contributed by atoms with Crippen molar-refractivity contribution in [3.05, 3.63) is 17.7 Å². The van der Waals surface area contributed by atoms with Crippen molar-refractivity contribution in [3.63, 3.8) is 0 Å². The minimum atomic E-state index is -0.0821. The number of nitrogens with one attached hydrogen (secondary N) is 1. The Kier molecular flexibility index (Phi) is 3.64. The number of H-pyrrole nitrogens is 1. The molecule has 90 valence electrons. The quantitative estimate of drug-likeness (QED) is 0.826. The van der Waals surface area contributed by atoms with Crippen LogP contribution in [0, 0.1) is 5.92 Å². The molecule has 0 amide bonds. The van der Waals surface area contributed by atoms with E-state index < -0.39 is 0 Å². The van der Waals surface area contributed by atoms with Gasteiger partial charge in [0.15, 0.2) is 0 Å². The summed E-state index contributed by atoms with van der Waals surface area (Å²) in [4.78, 5) is 7.92. The van der Waals surface area contributed by atoms with Crippen LogP contribution in [0.5, 0.6) is 0 Å². The number of aromatic amines is 1. The summed E-state index contributed by atoms with van der Waals surface area (Å²) >= 11 is 0. The van der Waals surface area contributed by atoms with E-state index in [2.05, 4.69) is 23.8 Å². The summed E-state index contributed by atoms with van der Waals surface area (Å²) in [6.07, 6.45) is 6.94. The van der Waals surface area contributed by atoms with Crippen molar-refractivity contribution in [1.29, 1.82) is 0 Å². The lowest BCUT2D eigenvalue weighted by molar-refractivity contribution is 0.121. The van der Waals surface area contributed by atoms with Crippen molar-refractivity contribution in [2.45, 2.75) is 58.0 Å². The molecule has 3 nitrogen and oxygen atoms in total. The highest BCUT2D eigenvalue weighted by molar-refractivity contribution is 5.07. The summed E-state index contributed by atoms with van der Waals surface area (Å²) in [5.74, 6) is 2.33. The topological polar surface area (TPSA) is 48.9 Å². The first-order chi connectivity index (χ1) is 7.65. The van der Waals surface area contributed by atoms with Crippen LogP contribution >= 0.6 is 0 Å². The Balaban J connectivity index is 1.96. The lowest BCUT2D eigenvalue weighted by Gasteiger charge is -2.23. The zero-order chi connectivity index (χ0) is 11.5. The van der Waals surface area contributed by atoms with E-state index >= 15 is 0 Å². The normalized spacial score (nSPS) is 26.2. The molecule has 1 fully saturated rings. The molecule has 0 unspecified atom stereocenters. The fourth-order valence-corrected chi connectivity index (χ4v) is 2.48. The lowest BCUT2D eigenvalue weighted by Crippen LogP contribution is -2.17. The first kappa shape index (κ1) is 11.6. The van der Waals surface area contributed by atoms with Gasteiger partial charge in [0.2, 0.25) is 0 Å². The molecule has 0 aromatic carbocycles. The molecule has 1 aromatic rings. The lowest BCUT2D eigenvalue weighted by atomic mass is 9.87. The van der Waals surface area contributed by atoms with Crippen LogP contribution in [-0.2, 0) is 6.42 Å². The van der Waals surface area contributed by atoms with Crippen LogP contribution in [0.1, 0.15) is 57.0 Å². The minimum Gasteiger partial charge on any atom is -0.393 e. The molecule has 1 saturated carbocycles. The Hall–Kier alpha value is -0.830. The van der Waals surface area contributed by atoms with E-state index in [9.17, 15) is 5.11 Å². The standard InChI is InChI=1S/C13H22N2O/c1-9(2)7-11-8-14-13(15-11)10-3-5-12(16)6-4-10/h8-10,12,16H,3-7H2,1-2H3,(H,14,15). The molecule has 2 N–H and O–H groups in total. The Bertz CT molecular complexity index is 324. The Labute approximate surface area is 97.3 Å². The maximum atomic E-state index is 9.47. The van der Waals surface area contributed by atoms with Crippen molar-refractivity contribution in [3.8, 4) is 0 Å². The molecule has 0 aliphatic heterocycles. The molecule has 0 radical (unpaired) electrons. The van der Waals surface area contributed by atoms with Crippen molar-refractivity contribution < 1.29 is 5.11 Å². The van der Waals surface area contributed by atoms with Gasteiger partial charge in [-0.1, -0.05) is 13.8 Å². The molecular weight excluding hydrogens is 200 g/mol. The number of hydrogen-bond acceptors (Lipinski definition) is 2. The van der Waals surface area contributed by atoms with E-state index in [-0.39, 0.29) is 6.10 Å². The van der Waals surface area contributed by atoms with Gasteiger partial charge in [-0.2, -0.15) is 0 Å². The highest BCUT2D eigenvalue weighted by Gasteiger charge is 2.22. The van der Waals surface area contributed by atoms with Crippen LogP contribution < -0.4 is 0 Å². The summed E-state index contributed by atoms with van der Waals surface area (Å²) < 4.78 is 0. The van der Waals surface area contributed by atoms with Crippen LogP contribution in [0.3, 0.4) is 0 Å². The molecule has 1 aromatic heterocycles. The maximum Gasteiger partial charge on any atom is 0.109 e. The summed E-state index contributed by atoms with van der Waals surface area (Å²) in [7, 11) is 0. The van der Waals surface area contributed by atoms with Crippen LogP contribution in [0.15, 0.2) is 6.20 Å². The zero-order valence-electron chi connectivity index (χ0n) is 10.2. The third kappa shape index (κ3) is 2.85. The van der Waals surface area contributed by atoms with E-state index in [4.69, 9.17) is 0 Å². The third-order valence-electron chi connectivity index (χ3n) is 3.36. The second-order valence-electron chi connectivity index (χ2n) is 5.40. The molecule has 16 heavy (non-hydrogen) atoms. The number of nitrogens with zero attached hydrogens (tertiary/aromatic N) is 1. The molecule has 0 atom stereocenters. The number of hydrogen-bond donors (Lipinski definition) is 2. The van der Waals surface area contributed by atoms with Crippen molar-refractivity contribution in [2.75, 3.05) is 0 Å². The molecule has 0 spiro atoms. The van der Waals surface area contributed by atoms with Gasteiger partial charge in [-0.05, 0) is 38.0 Å². The molecule has 1 heterocycles. The largest absolute Gasteiger partial charge is 0.393 e. The SMILES string of the molecule is CC(C)Cc1cnc(C2CCC(O)CC2)[nH]1. The Morgan fingerprint density at radius 1 is 1.38 bits per heavy atom. The Morgan fingerprint density at radius 2 is 2.06 bits per heavy atom. The van der Waals surface area contributed by atoms with E-state index in [1.54, 1.807) is 0 Å². The molecule has 1 aliphatic rings. The van der Waals surface area contributed by atoms with E-state index in [1.807, 2.05) is 6.20 Å². The number of aliphatic hydroxyl groups excluding tert-OH is 1. The van der Waals surface area contributed by atoms with Crippen molar-refractivity contribution in [1.82, 2.24) is 9.97 Å². The fraction of sp³-hybridized carbons (Fsp3) is 0.769. The number of rotatable bonds is 3. The van der Waals surface area contributed by atoms with Crippen LogP contribution in [0.2, 0.25) is 0 Å². The molecule has 3 heteroatoms. The second kappa shape index (κ2) is 5.00. The Morgan fingerprint density at radius 3 is 2.69 bits per heavy atom. The smallest absolute Gasteiger partial charge is 0.109 e. The van der Waals surface area contributed by atoms with Gasteiger partial charge in [-0.15, -0.1) is 0 Å². The summed E-state index contributed by atoms with van der Waals surface area (Å²) in [5, 5.41) is 9.47. The van der Waals surface area contributed by atoms with E-state index in [0.717, 1.165) is 37.9 Å². The predicted octanol–water partition coefficient (Wildman–Crippen LogP) is 2.63. The van der Waals surface area contributed by atoms with Crippen LogP contribution in [-0.4, -0.2) is 21.2 Å². The first-order valence-electron chi connectivity index (χ1n) is 6.37.